The van der Waals surface area contributed by atoms with Gasteiger partial charge in [0, 0.05) is 5.92 Å². The summed E-state index contributed by atoms with van der Waals surface area (Å²) in [6.45, 7) is 5.27. The molecule has 0 amide bonds. The Morgan fingerprint density at radius 1 is 1.07 bits per heavy atom. The van der Waals surface area contributed by atoms with Crippen LogP contribution in [-0.2, 0) is 11.3 Å². The molecule has 0 aliphatic heterocycles. The lowest BCUT2D eigenvalue weighted by Gasteiger charge is -2.60. The molecule has 4 aliphatic rings. The van der Waals surface area contributed by atoms with Crippen LogP contribution in [0.25, 0.3) is 0 Å². The maximum absolute atomic E-state index is 13.2. The van der Waals surface area contributed by atoms with Crippen molar-refractivity contribution >= 4 is 5.78 Å². The van der Waals surface area contributed by atoms with Gasteiger partial charge in [-0.25, -0.2) is 4.68 Å². The van der Waals surface area contributed by atoms with Gasteiger partial charge in [0.15, 0.2) is 5.78 Å². The number of carbonyl (C=O) groups is 1. The molecule has 0 N–H and O–H groups in total. The van der Waals surface area contributed by atoms with Crippen LogP contribution >= 0.6 is 0 Å². The predicted molar refractivity (Wildman–Crippen MR) is 107 cm³/mol. The van der Waals surface area contributed by atoms with E-state index in [1.54, 1.807) is 11.0 Å². The lowest BCUT2D eigenvalue weighted by molar-refractivity contribution is -0.145. The van der Waals surface area contributed by atoms with Gasteiger partial charge in [-0.2, -0.15) is 0 Å². The highest BCUT2D eigenvalue weighted by Gasteiger charge is 2.56. The number of aromatic nitrogens is 4. The van der Waals surface area contributed by atoms with Crippen LogP contribution < -0.4 is 0 Å². The number of hydrogen-bond donors (Lipinski definition) is 0. The molecule has 1 aromatic rings. The van der Waals surface area contributed by atoms with E-state index >= 15 is 0 Å². The third kappa shape index (κ3) is 3.04. The van der Waals surface area contributed by atoms with Crippen molar-refractivity contribution in [2.45, 2.75) is 84.6 Å². The maximum atomic E-state index is 13.2. The first-order chi connectivity index (χ1) is 13.6. The fraction of sp³-hybridized carbons (Fsp3) is 0.913. The van der Waals surface area contributed by atoms with Gasteiger partial charge in [-0.05, 0) is 103 Å². The van der Waals surface area contributed by atoms with E-state index in [1.165, 1.54) is 57.8 Å². The van der Waals surface area contributed by atoms with Crippen LogP contribution in [0.1, 0.15) is 78.1 Å². The molecule has 0 radical (unpaired) electrons. The van der Waals surface area contributed by atoms with Gasteiger partial charge in [-0.3, -0.25) is 4.79 Å². The largest absolute Gasteiger partial charge is 0.297 e. The molecule has 154 valence electrons. The van der Waals surface area contributed by atoms with Crippen LogP contribution in [0.2, 0.25) is 0 Å². The van der Waals surface area contributed by atoms with Crippen LogP contribution in [0.3, 0.4) is 0 Å². The zero-order valence-electron chi connectivity index (χ0n) is 17.6. The molecule has 5 rings (SSSR count). The molecule has 0 spiro atoms. The molecule has 0 saturated heterocycles. The van der Waals surface area contributed by atoms with Gasteiger partial charge in [0.05, 0.1) is 0 Å². The molecule has 0 bridgehead atoms. The average Bonchev–Trinajstić information content (AvgIpc) is 3.19. The number of rotatable bonds is 3. The summed E-state index contributed by atoms with van der Waals surface area (Å²) in [7, 11) is 0. The maximum Gasteiger partial charge on any atom is 0.158 e. The van der Waals surface area contributed by atoms with E-state index in [-0.39, 0.29) is 11.3 Å². The fourth-order valence-electron chi connectivity index (χ4n) is 8.34. The lowest BCUT2D eigenvalue weighted by atomic mass is 9.44. The van der Waals surface area contributed by atoms with Crippen LogP contribution in [0.4, 0.5) is 0 Å². The summed E-state index contributed by atoms with van der Waals surface area (Å²) in [5, 5.41) is 11.3. The van der Waals surface area contributed by atoms with Crippen LogP contribution in [0.15, 0.2) is 6.33 Å². The summed E-state index contributed by atoms with van der Waals surface area (Å²) in [5.74, 6) is 6.04. The Morgan fingerprint density at radius 3 is 2.75 bits per heavy atom. The van der Waals surface area contributed by atoms with Crippen molar-refractivity contribution < 1.29 is 4.79 Å². The second-order valence-corrected chi connectivity index (χ2v) is 10.9. The minimum absolute atomic E-state index is 0.194. The Bertz CT molecular complexity index is 703. The van der Waals surface area contributed by atoms with Crippen molar-refractivity contribution in [1.82, 2.24) is 20.2 Å². The Kier molecular flexibility index (Phi) is 4.83. The van der Waals surface area contributed by atoms with E-state index in [0.717, 1.165) is 41.9 Å². The molecular formula is C23H36N4O. The topological polar surface area (TPSA) is 60.7 Å². The first kappa shape index (κ1) is 18.7. The molecular weight excluding hydrogens is 348 g/mol. The molecule has 4 aliphatic carbocycles. The highest BCUT2D eigenvalue weighted by atomic mass is 16.1. The summed E-state index contributed by atoms with van der Waals surface area (Å²) in [4.78, 5) is 13.2. The summed E-state index contributed by atoms with van der Waals surface area (Å²) in [5.41, 5.74) is 0.194. The van der Waals surface area contributed by atoms with Crippen LogP contribution in [-0.4, -0.2) is 26.0 Å². The van der Waals surface area contributed by atoms with Gasteiger partial charge in [-0.15, -0.1) is 5.10 Å². The second kappa shape index (κ2) is 7.21. The van der Waals surface area contributed by atoms with Crippen molar-refractivity contribution in [3.63, 3.8) is 0 Å². The molecule has 0 unspecified atom stereocenters. The van der Waals surface area contributed by atoms with Gasteiger partial charge in [-0.1, -0.05) is 26.7 Å². The molecule has 1 heterocycles. The molecule has 28 heavy (non-hydrogen) atoms. The Morgan fingerprint density at radius 2 is 1.93 bits per heavy atom. The molecule has 0 aromatic carbocycles. The van der Waals surface area contributed by atoms with Crippen molar-refractivity contribution in [1.29, 1.82) is 0 Å². The summed E-state index contributed by atoms with van der Waals surface area (Å²) in [6, 6.07) is 0. The summed E-state index contributed by atoms with van der Waals surface area (Å²) < 4.78 is 1.61. The van der Waals surface area contributed by atoms with E-state index in [9.17, 15) is 4.79 Å². The van der Waals surface area contributed by atoms with Gasteiger partial charge in [0.1, 0.15) is 12.9 Å². The Balaban J connectivity index is 1.35. The highest BCUT2D eigenvalue weighted by molar-refractivity contribution is 5.81. The van der Waals surface area contributed by atoms with Gasteiger partial charge in [0.2, 0.25) is 0 Å². The fourth-order valence-corrected chi connectivity index (χ4v) is 8.34. The average molecular weight is 385 g/mol. The van der Waals surface area contributed by atoms with Crippen molar-refractivity contribution in [3.8, 4) is 0 Å². The first-order valence-electron chi connectivity index (χ1n) is 11.8. The molecule has 4 fully saturated rings. The molecule has 4 saturated carbocycles. The number of nitrogens with zero attached hydrogens (tertiary/aromatic N) is 4. The van der Waals surface area contributed by atoms with Crippen LogP contribution in [0.5, 0.6) is 0 Å². The van der Waals surface area contributed by atoms with Gasteiger partial charge < -0.3 is 0 Å². The van der Waals surface area contributed by atoms with Gasteiger partial charge >= 0.3 is 0 Å². The standard InChI is InChI=1S/C23H36N4O/c1-15-6-8-17-16(12-15)7-9-19-18(17)10-11-23(2)20(19)4-3-5-21(23)22(28)13-27-14-24-25-26-27/h14-21H,3-13H2,1-2H3/t15-,16+,17-,18+,19+,20-,21+,23-/m0/s1. The Labute approximate surface area is 169 Å². The number of ketones is 1. The molecule has 5 heteroatoms. The quantitative estimate of drug-likeness (QED) is 0.768. The Hall–Kier alpha value is -1.26. The number of hydrogen-bond acceptors (Lipinski definition) is 4. The smallest absolute Gasteiger partial charge is 0.158 e. The predicted octanol–water partition coefficient (Wildman–Crippen LogP) is 4.54. The number of Topliss-reactive ketones (excluding diaryl/α,β-unsaturated/α-hetero) is 1. The van der Waals surface area contributed by atoms with Crippen molar-refractivity contribution in [3.05, 3.63) is 6.33 Å². The van der Waals surface area contributed by atoms with E-state index in [1.807, 2.05) is 0 Å². The van der Waals surface area contributed by atoms with Crippen molar-refractivity contribution in [2.75, 3.05) is 0 Å². The van der Waals surface area contributed by atoms with E-state index in [4.69, 9.17) is 0 Å². The normalized spacial score (nSPS) is 45.6. The minimum Gasteiger partial charge on any atom is -0.297 e. The summed E-state index contributed by atoms with van der Waals surface area (Å²) in [6.07, 6.45) is 15.1. The second-order valence-electron chi connectivity index (χ2n) is 10.9. The SMILES string of the molecule is C[C@H]1CC[C@H]2[C@H](CC[C@@H]3[C@@H]2CC[C@]2(C)[C@@H](C(=O)Cn4cnnn4)CCC[C@@H]32)C1. The molecule has 8 atom stereocenters. The first-order valence-corrected chi connectivity index (χ1v) is 11.8. The van der Waals surface area contributed by atoms with Crippen LogP contribution in [0, 0.1) is 46.8 Å². The van der Waals surface area contributed by atoms with Crippen molar-refractivity contribution in [2.24, 2.45) is 46.8 Å². The lowest BCUT2D eigenvalue weighted by Crippen LogP contribution is -2.54. The van der Waals surface area contributed by atoms with E-state index < -0.39 is 0 Å². The zero-order chi connectivity index (χ0) is 19.3. The highest BCUT2D eigenvalue weighted by Crippen LogP contribution is 2.63. The van der Waals surface area contributed by atoms with E-state index in [2.05, 4.69) is 29.4 Å². The zero-order valence-corrected chi connectivity index (χ0v) is 17.6. The third-order valence-corrected chi connectivity index (χ3v) is 9.56. The summed E-state index contributed by atoms with van der Waals surface area (Å²) >= 11 is 0. The number of carbonyl (C=O) groups excluding carboxylic acids is 1. The van der Waals surface area contributed by atoms with Gasteiger partial charge in [0.25, 0.3) is 0 Å². The number of fused-ring (bicyclic) bond motifs is 5. The monoisotopic (exact) mass is 384 g/mol. The van der Waals surface area contributed by atoms with E-state index in [0.29, 0.717) is 12.3 Å². The molecule has 1 aromatic heterocycles. The third-order valence-electron chi connectivity index (χ3n) is 9.56. The minimum atomic E-state index is 0.194. The molecule has 5 nitrogen and oxygen atoms in total. The number of tetrazole rings is 1.